The van der Waals surface area contributed by atoms with E-state index in [0.29, 0.717) is 5.69 Å². The molecule has 1 aromatic heterocycles. The van der Waals surface area contributed by atoms with Crippen molar-refractivity contribution in [1.82, 2.24) is 4.98 Å². The summed E-state index contributed by atoms with van der Waals surface area (Å²) in [5.74, 6) is 2.97. The predicted octanol–water partition coefficient (Wildman–Crippen LogP) is 4.91. The molecule has 0 saturated carbocycles. The maximum Gasteiger partial charge on any atom is 0.129 e. The van der Waals surface area contributed by atoms with Crippen LogP contribution in [0.2, 0.25) is 19.6 Å². The molecule has 3 rings (SSSR count). The SMILES string of the molecule is C[Si](C)(C)C#Cc1cc(-c2nc3ccc(F)cc3s2)ccc1N. The first-order valence-electron chi connectivity index (χ1n) is 7.31. The molecule has 0 aliphatic heterocycles. The average Bonchev–Trinajstić information content (AvgIpc) is 2.88. The normalized spacial score (nSPS) is 11.3. The van der Waals surface area contributed by atoms with Crippen LogP contribution in [0.15, 0.2) is 36.4 Å². The van der Waals surface area contributed by atoms with Gasteiger partial charge >= 0.3 is 0 Å². The molecule has 2 N–H and O–H groups in total. The van der Waals surface area contributed by atoms with Crippen LogP contribution in [-0.2, 0) is 0 Å². The Morgan fingerprint density at radius 3 is 2.65 bits per heavy atom. The minimum absolute atomic E-state index is 0.244. The molecule has 0 radical (unpaired) electrons. The Bertz CT molecular complexity index is 945. The van der Waals surface area contributed by atoms with E-state index in [9.17, 15) is 4.39 Å². The maximum atomic E-state index is 13.3. The van der Waals surface area contributed by atoms with Gasteiger partial charge in [0.2, 0.25) is 0 Å². The largest absolute Gasteiger partial charge is 0.398 e. The molecule has 0 aliphatic rings. The fourth-order valence-corrected chi connectivity index (χ4v) is 3.57. The second-order valence-electron chi connectivity index (χ2n) is 6.43. The van der Waals surface area contributed by atoms with Crippen molar-refractivity contribution in [2.45, 2.75) is 19.6 Å². The van der Waals surface area contributed by atoms with E-state index in [0.717, 1.165) is 26.4 Å². The second-order valence-corrected chi connectivity index (χ2v) is 12.2. The van der Waals surface area contributed by atoms with Gasteiger partial charge in [0.15, 0.2) is 0 Å². The Balaban J connectivity index is 2.06. The van der Waals surface area contributed by atoms with Crippen molar-refractivity contribution in [3.63, 3.8) is 0 Å². The number of nitrogens with zero attached hydrogens (tertiary/aromatic N) is 1. The van der Waals surface area contributed by atoms with Gasteiger partial charge in [-0.15, -0.1) is 16.9 Å². The lowest BCUT2D eigenvalue weighted by atomic mass is 10.1. The lowest BCUT2D eigenvalue weighted by Crippen LogP contribution is -2.16. The molecule has 0 saturated heterocycles. The van der Waals surface area contributed by atoms with Crippen molar-refractivity contribution in [2.24, 2.45) is 0 Å². The minimum atomic E-state index is -1.46. The number of hydrogen-bond donors (Lipinski definition) is 1. The fraction of sp³-hybridized carbons (Fsp3) is 0.167. The van der Waals surface area contributed by atoms with Crippen molar-refractivity contribution >= 4 is 35.3 Å². The fourth-order valence-electron chi connectivity index (χ4n) is 2.07. The van der Waals surface area contributed by atoms with Crippen LogP contribution in [0.5, 0.6) is 0 Å². The number of fused-ring (bicyclic) bond motifs is 1. The molecule has 1 heterocycles. The summed E-state index contributed by atoms with van der Waals surface area (Å²) >= 11 is 1.47. The van der Waals surface area contributed by atoms with Gasteiger partial charge in [0, 0.05) is 16.8 Å². The number of nitrogens with two attached hydrogens (primary N) is 1. The molecule has 5 heteroatoms. The van der Waals surface area contributed by atoms with Gasteiger partial charge in [-0.1, -0.05) is 25.6 Å². The van der Waals surface area contributed by atoms with Crippen LogP contribution < -0.4 is 5.73 Å². The number of halogens is 1. The van der Waals surface area contributed by atoms with E-state index in [-0.39, 0.29) is 5.82 Å². The molecular formula is C18H17FN2SSi. The summed E-state index contributed by atoms with van der Waals surface area (Å²) in [5.41, 5.74) is 12.6. The molecular weight excluding hydrogens is 323 g/mol. The van der Waals surface area contributed by atoms with E-state index in [2.05, 4.69) is 36.1 Å². The van der Waals surface area contributed by atoms with Gasteiger partial charge in [-0.05, 0) is 36.4 Å². The molecule has 0 amide bonds. The first-order chi connectivity index (χ1) is 10.8. The Labute approximate surface area is 140 Å². The number of rotatable bonds is 1. The van der Waals surface area contributed by atoms with Crippen molar-refractivity contribution in [2.75, 3.05) is 5.73 Å². The Kier molecular flexibility index (Phi) is 3.96. The van der Waals surface area contributed by atoms with Crippen molar-refractivity contribution in [3.8, 4) is 22.0 Å². The first-order valence-corrected chi connectivity index (χ1v) is 11.6. The van der Waals surface area contributed by atoms with Gasteiger partial charge in [-0.2, -0.15) is 0 Å². The minimum Gasteiger partial charge on any atom is -0.398 e. The highest BCUT2D eigenvalue weighted by atomic mass is 32.1. The van der Waals surface area contributed by atoms with Gasteiger partial charge in [0.05, 0.1) is 10.2 Å². The van der Waals surface area contributed by atoms with E-state index in [1.807, 2.05) is 18.2 Å². The van der Waals surface area contributed by atoms with Crippen LogP contribution in [0.3, 0.4) is 0 Å². The Morgan fingerprint density at radius 2 is 1.91 bits per heavy atom. The topological polar surface area (TPSA) is 38.9 Å². The third kappa shape index (κ3) is 3.61. The molecule has 2 nitrogen and oxygen atoms in total. The molecule has 0 spiro atoms. The molecule has 0 unspecified atom stereocenters. The summed E-state index contributed by atoms with van der Waals surface area (Å²) in [6.45, 7) is 6.59. The van der Waals surface area contributed by atoms with Crippen LogP contribution in [0, 0.1) is 17.3 Å². The van der Waals surface area contributed by atoms with Gasteiger partial charge in [-0.3, -0.25) is 0 Å². The number of aromatic nitrogens is 1. The molecule has 0 atom stereocenters. The molecule has 23 heavy (non-hydrogen) atoms. The monoisotopic (exact) mass is 340 g/mol. The van der Waals surface area contributed by atoms with E-state index in [1.54, 1.807) is 6.07 Å². The molecule has 2 aromatic carbocycles. The predicted molar refractivity (Wildman–Crippen MR) is 99.7 cm³/mol. The Hall–Kier alpha value is -2.16. The molecule has 3 aromatic rings. The van der Waals surface area contributed by atoms with E-state index >= 15 is 0 Å². The number of hydrogen-bond acceptors (Lipinski definition) is 3. The Morgan fingerprint density at radius 1 is 1.13 bits per heavy atom. The van der Waals surface area contributed by atoms with Gasteiger partial charge in [0.25, 0.3) is 0 Å². The standard InChI is InChI=1S/C18H17FN2SSi/c1-23(2,3)9-8-12-10-13(4-6-15(12)20)18-21-16-7-5-14(19)11-17(16)22-18/h4-7,10-11H,20H2,1-3H3. The van der Waals surface area contributed by atoms with E-state index < -0.39 is 8.07 Å². The third-order valence-electron chi connectivity index (χ3n) is 3.22. The zero-order chi connectivity index (χ0) is 16.6. The van der Waals surface area contributed by atoms with Gasteiger partial charge in [-0.25, -0.2) is 9.37 Å². The van der Waals surface area contributed by atoms with E-state index in [1.165, 1.54) is 23.5 Å². The third-order valence-corrected chi connectivity index (χ3v) is 5.17. The number of nitrogen functional groups attached to an aromatic ring is 1. The highest BCUT2D eigenvalue weighted by molar-refractivity contribution is 7.21. The maximum absolute atomic E-state index is 13.3. The van der Waals surface area contributed by atoms with Gasteiger partial charge < -0.3 is 5.73 Å². The second kappa shape index (κ2) is 5.80. The molecule has 0 fully saturated rings. The van der Waals surface area contributed by atoms with Crippen LogP contribution >= 0.6 is 11.3 Å². The van der Waals surface area contributed by atoms with Crippen LogP contribution in [0.25, 0.3) is 20.8 Å². The molecule has 0 aliphatic carbocycles. The summed E-state index contributed by atoms with van der Waals surface area (Å²) in [4.78, 5) is 4.58. The summed E-state index contributed by atoms with van der Waals surface area (Å²) in [6, 6.07) is 10.4. The first kappa shape index (κ1) is 15.7. The van der Waals surface area contributed by atoms with Crippen LogP contribution in [-0.4, -0.2) is 13.1 Å². The summed E-state index contributed by atoms with van der Waals surface area (Å²) in [5, 5.41) is 0.849. The lowest BCUT2D eigenvalue weighted by molar-refractivity contribution is 0.630. The summed E-state index contributed by atoms with van der Waals surface area (Å²) in [6.07, 6.45) is 0. The summed E-state index contributed by atoms with van der Waals surface area (Å²) in [7, 11) is -1.46. The number of anilines is 1. The zero-order valence-corrected chi connectivity index (χ0v) is 15.1. The number of thiazole rings is 1. The lowest BCUT2D eigenvalue weighted by Gasteiger charge is -2.05. The zero-order valence-electron chi connectivity index (χ0n) is 13.3. The van der Waals surface area contributed by atoms with Gasteiger partial charge in [0.1, 0.15) is 18.9 Å². The highest BCUT2D eigenvalue weighted by Gasteiger charge is 2.10. The van der Waals surface area contributed by atoms with Crippen LogP contribution in [0.4, 0.5) is 10.1 Å². The molecule has 116 valence electrons. The smallest absolute Gasteiger partial charge is 0.129 e. The molecule has 0 bridgehead atoms. The van der Waals surface area contributed by atoms with Crippen molar-refractivity contribution in [1.29, 1.82) is 0 Å². The highest BCUT2D eigenvalue weighted by Crippen LogP contribution is 2.31. The summed E-state index contributed by atoms with van der Waals surface area (Å²) < 4.78 is 14.2. The quantitative estimate of drug-likeness (QED) is 0.388. The van der Waals surface area contributed by atoms with Crippen molar-refractivity contribution < 1.29 is 4.39 Å². The van der Waals surface area contributed by atoms with Crippen molar-refractivity contribution in [3.05, 3.63) is 47.8 Å². The number of benzene rings is 2. The van der Waals surface area contributed by atoms with Crippen LogP contribution in [0.1, 0.15) is 5.56 Å². The van der Waals surface area contributed by atoms with E-state index in [4.69, 9.17) is 5.73 Å². The average molecular weight is 340 g/mol.